The number of nitriles is 1. The molecule has 1 saturated heterocycles. The van der Waals surface area contributed by atoms with Crippen LogP contribution >= 0.6 is 0 Å². The van der Waals surface area contributed by atoms with Crippen LogP contribution in [-0.2, 0) is 0 Å². The Hall–Kier alpha value is -0.550. The molecule has 1 fully saturated rings. The monoisotopic (exact) mass is 194 g/mol. The fourth-order valence-electron chi connectivity index (χ4n) is 2.44. The fourth-order valence-corrected chi connectivity index (χ4v) is 2.44. The van der Waals surface area contributed by atoms with E-state index in [0.717, 1.165) is 19.0 Å². The van der Waals surface area contributed by atoms with Gasteiger partial charge in [0, 0.05) is 18.5 Å². The lowest BCUT2D eigenvalue weighted by Gasteiger charge is -2.36. The zero-order valence-electron chi connectivity index (χ0n) is 9.88. The molecule has 0 bridgehead atoms. The number of hydrogen-bond donors (Lipinski definition) is 0. The van der Waals surface area contributed by atoms with E-state index in [4.69, 9.17) is 5.26 Å². The molecule has 0 spiro atoms. The molecule has 0 aromatic heterocycles. The van der Waals surface area contributed by atoms with Crippen molar-refractivity contribution in [3.63, 3.8) is 0 Å². The minimum absolute atomic E-state index is 0.222. The van der Waals surface area contributed by atoms with E-state index < -0.39 is 0 Å². The molecule has 1 atom stereocenters. The zero-order valence-corrected chi connectivity index (χ0v) is 9.88. The lowest BCUT2D eigenvalue weighted by molar-refractivity contribution is 0.125. The third-order valence-electron chi connectivity index (χ3n) is 3.48. The van der Waals surface area contributed by atoms with Gasteiger partial charge in [0.2, 0.25) is 0 Å². The van der Waals surface area contributed by atoms with Crippen LogP contribution in [0.5, 0.6) is 0 Å². The second kappa shape index (κ2) is 4.31. The van der Waals surface area contributed by atoms with E-state index in [2.05, 4.69) is 38.7 Å². The van der Waals surface area contributed by atoms with Crippen LogP contribution in [0.4, 0.5) is 0 Å². The molecule has 2 nitrogen and oxygen atoms in total. The van der Waals surface area contributed by atoms with Gasteiger partial charge < -0.3 is 0 Å². The molecular weight excluding hydrogens is 172 g/mol. The van der Waals surface area contributed by atoms with Gasteiger partial charge >= 0.3 is 0 Å². The van der Waals surface area contributed by atoms with Gasteiger partial charge in [0.1, 0.15) is 0 Å². The third kappa shape index (κ3) is 2.27. The van der Waals surface area contributed by atoms with E-state index in [1.54, 1.807) is 0 Å². The van der Waals surface area contributed by atoms with Crippen molar-refractivity contribution >= 4 is 0 Å². The minimum atomic E-state index is 0.222. The molecule has 0 saturated carbocycles. The molecule has 1 heterocycles. The van der Waals surface area contributed by atoms with Crippen LogP contribution in [0.2, 0.25) is 0 Å². The largest absolute Gasteiger partial charge is 0.298 e. The number of likely N-dealkylation sites (tertiary alicyclic amines) is 1. The highest BCUT2D eigenvalue weighted by molar-refractivity contribution is 4.98. The highest BCUT2D eigenvalue weighted by Gasteiger charge is 2.40. The SMILES string of the molecule is CC(C)CN1CCC(CC#N)C1(C)C. The van der Waals surface area contributed by atoms with Gasteiger partial charge in [-0.25, -0.2) is 0 Å². The molecular formula is C12H22N2. The Morgan fingerprint density at radius 1 is 1.50 bits per heavy atom. The summed E-state index contributed by atoms with van der Waals surface area (Å²) in [5.74, 6) is 1.28. The van der Waals surface area contributed by atoms with Crippen LogP contribution in [0.25, 0.3) is 0 Å². The first-order valence-electron chi connectivity index (χ1n) is 5.60. The Morgan fingerprint density at radius 2 is 2.14 bits per heavy atom. The van der Waals surface area contributed by atoms with Crippen LogP contribution < -0.4 is 0 Å². The topological polar surface area (TPSA) is 27.0 Å². The average molecular weight is 194 g/mol. The minimum Gasteiger partial charge on any atom is -0.298 e. The van der Waals surface area contributed by atoms with Crippen LogP contribution in [0.1, 0.15) is 40.5 Å². The summed E-state index contributed by atoms with van der Waals surface area (Å²) in [6.45, 7) is 11.4. The predicted molar refractivity (Wildman–Crippen MR) is 58.8 cm³/mol. The molecule has 1 unspecified atom stereocenters. The summed E-state index contributed by atoms with van der Waals surface area (Å²) in [5.41, 5.74) is 0.222. The molecule has 0 amide bonds. The Labute approximate surface area is 87.9 Å². The normalized spacial score (nSPS) is 26.7. The van der Waals surface area contributed by atoms with Crippen molar-refractivity contribution in [3.05, 3.63) is 0 Å². The Morgan fingerprint density at radius 3 is 2.64 bits per heavy atom. The second-order valence-corrected chi connectivity index (χ2v) is 5.34. The van der Waals surface area contributed by atoms with Gasteiger partial charge in [-0.05, 0) is 38.6 Å². The highest BCUT2D eigenvalue weighted by Crippen LogP contribution is 2.36. The smallest absolute Gasteiger partial charge is 0.0625 e. The molecule has 0 N–H and O–H groups in total. The van der Waals surface area contributed by atoms with Crippen LogP contribution in [0.15, 0.2) is 0 Å². The van der Waals surface area contributed by atoms with E-state index in [1.165, 1.54) is 6.42 Å². The predicted octanol–water partition coefficient (Wildman–Crippen LogP) is 2.66. The number of nitrogens with zero attached hydrogens (tertiary/aromatic N) is 2. The van der Waals surface area contributed by atoms with Crippen LogP contribution in [0, 0.1) is 23.2 Å². The molecule has 1 aliphatic heterocycles. The number of rotatable bonds is 3. The third-order valence-corrected chi connectivity index (χ3v) is 3.48. The average Bonchev–Trinajstić information content (AvgIpc) is 2.31. The van der Waals surface area contributed by atoms with Crippen molar-refractivity contribution in [3.8, 4) is 6.07 Å². The van der Waals surface area contributed by atoms with E-state index in [1.807, 2.05) is 0 Å². The Bertz CT molecular complexity index is 225. The van der Waals surface area contributed by atoms with Crippen LogP contribution in [0.3, 0.4) is 0 Å². The lowest BCUT2D eigenvalue weighted by Crippen LogP contribution is -2.44. The van der Waals surface area contributed by atoms with Crippen molar-refractivity contribution in [1.29, 1.82) is 5.26 Å². The molecule has 0 aromatic carbocycles. The summed E-state index contributed by atoms with van der Waals surface area (Å²) in [7, 11) is 0. The van der Waals surface area contributed by atoms with E-state index in [-0.39, 0.29) is 5.54 Å². The first-order chi connectivity index (χ1) is 6.48. The quantitative estimate of drug-likeness (QED) is 0.690. The van der Waals surface area contributed by atoms with Crippen molar-refractivity contribution in [2.75, 3.05) is 13.1 Å². The maximum atomic E-state index is 8.76. The zero-order chi connectivity index (χ0) is 10.8. The molecule has 14 heavy (non-hydrogen) atoms. The molecule has 2 heteroatoms. The van der Waals surface area contributed by atoms with Crippen molar-refractivity contribution in [1.82, 2.24) is 4.90 Å². The van der Waals surface area contributed by atoms with Crippen molar-refractivity contribution in [2.24, 2.45) is 11.8 Å². The van der Waals surface area contributed by atoms with Gasteiger partial charge in [0.25, 0.3) is 0 Å². The molecule has 0 radical (unpaired) electrons. The Balaban J connectivity index is 2.61. The van der Waals surface area contributed by atoms with Gasteiger partial charge in [-0.2, -0.15) is 5.26 Å². The molecule has 1 aliphatic rings. The number of hydrogen-bond acceptors (Lipinski definition) is 2. The molecule has 0 aliphatic carbocycles. The maximum absolute atomic E-state index is 8.76. The summed E-state index contributed by atoms with van der Waals surface area (Å²) in [5, 5.41) is 8.76. The van der Waals surface area contributed by atoms with Gasteiger partial charge in [0.05, 0.1) is 6.07 Å². The van der Waals surface area contributed by atoms with Crippen molar-refractivity contribution < 1.29 is 0 Å². The van der Waals surface area contributed by atoms with Gasteiger partial charge in [-0.3, -0.25) is 4.90 Å². The maximum Gasteiger partial charge on any atom is 0.0625 e. The standard InChI is InChI=1S/C12H22N2/c1-10(2)9-14-8-6-11(5-7-13)12(14,3)4/h10-11H,5-6,8-9H2,1-4H3. The van der Waals surface area contributed by atoms with Crippen LogP contribution in [-0.4, -0.2) is 23.5 Å². The summed E-state index contributed by atoms with van der Waals surface area (Å²) >= 11 is 0. The van der Waals surface area contributed by atoms with E-state index >= 15 is 0 Å². The molecule has 0 aromatic rings. The summed E-state index contributed by atoms with van der Waals surface area (Å²) in [4.78, 5) is 2.54. The van der Waals surface area contributed by atoms with Crippen molar-refractivity contribution in [2.45, 2.75) is 46.1 Å². The first kappa shape index (κ1) is 11.5. The van der Waals surface area contributed by atoms with E-state index in [9.17, 15) is 0 Å². The lowest BCUT2D eigenvalue weighted by atomic mass is 9.86. The fraction of sp³-hybridized carbons (Fsp3) is 0.917. The molecule has 80 valence electrons. The van der Waals surface area contributed by atoms with Gasteiger partial charge in [-0.1, -0.05) is 13.8 Å². The highest BCUT2D eigenvalue weighted by atomic mass is 15.2. The van der Waals surface area contributed by atoms with E-state index in [0.29, 0.717) is 12.3 Å². The molecule has 1 rings (SSSR count). The summed E-state index contributed by atoms with van der Waals surface area (Å²) in [6, 6.07) is 2.31. The summed E-state index contributed by atoms with van der Waals surface area (Å²) < 4.78 is 0. The van der Waals surface area contributed by atoms with Gasteiger partial charge in [0.15, 0.2) is 0 Å². The Kier molecular flexibility index (Phi) is 3.55. The summed E-state index contributed by atoms with van der Waals surface area (Å²) in [6.07, 6.45) is 1.90. The van der Waals surface area contributed by atoms with Gasteiger partial charge in [-0.15, -0.1) is 0 Å². The second-order valence-electron chi connectivity index (χ2n) is 5.34. The first-order valence-corrected chi connectivity index (χ1v) is 5.60.